The van der Waals surface area contributed by atoms with E-state index < -0.39 is 35.8 Å². The normalized spacial score (nSPS) is 16.5. The van der Waals surface area contributed by atoms with Crippen molar-refractivity contribution >= 4 is 51.6 Å². The van der Waals surface area contributed by atoms with Crippen molar-refractivity contribution in [3.05, 3.63) is 82.8 Å². The van der Waals surface area contributed by atoms with Crippen molar-refractivity contribution in [3.63, 3.8) is 0 Å². The fourth-order valence-corrected chi connectivity index (χ4v) is 5.38. The second-order valence-corrected chi connectivity index (χ2v) is 10.4. The monoisotopic (exact) mass is 624 g/mol. The van der Waals surface area contributed by atoms with Gasteiger partial charge in [0, 0.05) is 28.0 Å². The molecule has 4 aromatic rings. The first kappa shape index (κ1) is 32.1. The summed E-state index contributed by atoms with van der Waals surface area (Å²) >= 11 is 6.39. The van der Waals surface area contributed by atoms with E-state index in [-0.39, 0.29) is 48.9 Å². The van der Waals surface area contributed by atoms with Crippen molar-refractivity contribution in [3.8, 4) is 11.1 Å². The average molecular weight is 625 g/mol. The number of oxime groups is 1. The van der Waals surface area contributed by atoms with Crippen LogP contribution in [0.2, 0.25) is 5.02 Å². The molecule has 3 amide bonds. The first-order chi connectivity index (χ1) is 20.6. The number of para-hydroxylation sites is 1. The molecule has 1 fully saturated rings. The van der Waals surface area contributed by atoms with E-state index in [1.165, 1.54) is 23.9 Å². The van der Waals surface area contributed by atoms with Crippen LogP contribution in [0, 0.1) is 5.82 Å². The van der Waals surface area contributed by atoms with E-state index in [0.717, 1.165) is 4.90 Å². The number of alkyl halides is 1. The first-order valence-corrected chi connectivity index (χ1v) is 13.6. The Morgan fingerprint density at radius 1 is 1.14 bits per heavy atom. The highest BCUT2D eigenvalue weighted by Crippen LogP contribution is 2.34. The second-order valence-electron chi connectivity index (χ2n) is 9.99. The molecule has 0 aliphatic carbocycles. The Labute approximate surface area is 257 Å². The summed E-state index contributed by atoms with van der Waals surface area (Å²) in [6, 6.07) is 14.9. The van der Waals surface area contributed by atoms with Gasteiger partial charge in [0.1, 0.15) is 25.9 Å². The van der Waals surface area contributed by atoms with Gasteiger partial charge in [0.05, 0.1) is 23.5 Å². The van der Waals surface area contributed by atoms with Crippen LogP contribution >= 0.6 is 11.6 Å². The minimum Gasteiger partial charge on any atom is -0.399 e. The Bertz CT molecular complexity index is 1780. The maximum Gasteiger partial charge on any atom is 0.269 e. The lowest BCUT2D eigenvalue weighted by atomic mass is 10.00. The molecular formula is C31H31ClF2N6O4. The van der Waals surface area contributed by atoms with Gasteiger partial charge in [-0.15, -0.1) is 0 Å². The fourth-order valence-electron chi connectivity index (χ4n) is 5.16. The Balaban J connectivity index is 0.00000442. The molecule has 3 aromatic carbocycles. The third-order valence-electron chi connectivity index (χ3n) is 7.21. The minimum atomic E-state index is -1.47. The number of nitrogens with two attached hydrogens (primary N) is 1. The maximum atomic E-state index is 15.8. The number of amides is 3. The smallest absolute Gasteiger partial charge is 0.269 e. The number of hydrogen-bond acceptors (Lipinski definition) is 6. The van der Waals surface area contributed by atoms with E-state index in [0.29, 0.717) is 27.7 Å². The molecule has 2 atom stereocenters. The number of likely N-dealkylation sites (tertiary alicyclic amines) is 1. The lowest BCUT2D eigenvalue weighted by Crippen LogP contribution is -2.44. The molecule has 0 spiro atoms. The molecule has 1 aromatic heterocycles. The summed E-state index contributed by atoms with van der Waals surface area (Å²) in [5.74, 6) is -2.88. The van der Waals surface area contributed by atoms with Crippen LogP contribution in [0.1, 0.15) is 36.8 Å². The van der Waals surface area contributed by atoms with Gasteiger partial charge in [-0.25, -0.2) is 8.78 Å². The van der Waals surface area contributed by atoms with Gasteiger partial charge in [-0.1, -0.05) is 60.6 Å². The van der Waals surface area contributed by atoms with E-state index in [2.05, 4.69) is 15.6 Å². The number of nitrogens with one attached hydrogen (secondary N) is 1. The fraction of sp³-hybridized carbons (Fsp3) is 0.258. The van der Waals surface area contributed by atoms with Crippen LogP contribution in [-0.4, -0.2) is 64.0 Å². The average Bonchev–Trinajstić information content (AvgIpc) is 3.56. The number of nitrogens with zero attached hydrogens (tertiary/aromatic N) is 4. The number of carbonyl (C=O) groups is 3. The van der Waals surface area contributed by atoms with E-state index in [1.54, 1.807) is 55.5 Å². The zero-order valence-corrected chi connectivity index (χ0v) is 23.9. The number of benzene rings is 3. The molecule has 44 heavy (non-hydrogen) atoms. The zero-order valence-electron chi connectivity index (χ0n) is 23.2. The third-order valence-corrected chi connectivity index (χ3v) is 7.54. The van der Waals surface area contributed by atoms with Crippen LogP contribution in [0.3, 0.4) is 0 Å². The zero-order chi connectivity index (χ0) is 30.8. The van der Waals surface area contributed by atoms with Gasteiger partial charge in [0.2, 0.25) is 11.8 Å². The van der Waals surface area contributed by atoms with Gasteiger partial charge in [-0.2, -0.15) is 5.10 Å². The number of halogens is 3. The summed E-state index contributed by atoms with van der Waals surface area (Å²) in [6.07, 6.45) is -1.73. The Morgan fingerprint density at radius 2 is 1.89 bits per heavy atom. The Kier molecular flexibility index (Phi) is 9.63. The van der Waals surface area contributed by atoms with E-state index in [1.807, 2.05) is 0 Å². The molecule has 3 N–H and O–H groups in total. The summed E-state index contributed by atoms with van der Waals surface area (Å²) in [6.45, 7) is 1.03. The molecule has 1 aliphatic rings. The van der Waals surface area contributed by atoms with E-state index >= 15 is 4.39 Å². The minimum absolute atomic E-state index is 0. The molecular weight excluding hydrogens is 594 g/mol. The van der Waals surface area contributed by atoms with Crippen molar-refractivity contribution in [2.45, 2.75) is 39.5 Å². The molecule has 0 bridgehead atoms. The molecule has 10 nitrogen and oxygen atoms in total. The number of anilines is 1. The van der Waals surface area contributed by atoms with Crippen LogP contribution in [0.15, 0.2) is 65.8 Å². The second kappa shape index (κ2) is 13.2. The summed E-state index contributed by atoms with van der Waals surface area (Å²) in [5, 5.41) is 11.3. The molecule has 0 saturated carbocycles. The molecule has 1 aliphatic heterocycles. The van der Waals surface area contributed by atoms with E-state index in [9.17, 15) is 18.8 Å². The highest BCUT2D eigenvalue weighted by Gasteiger charge is 2.40. The lowest BCUT2D eigenvalue weighted by molar-refractivity contribution is -0.137. The first-order valence-electron chi connectivity index (χ1n) is 13.2. The summed E-state index contributed by atoms with van der Waals surface area (Å²) in [7, 11) is 1.41. The Hall–Kier alpha value is -4.84. The molecule has 2 heterocycles. The molecule has 0 unspecified atom stereocenters. The number of hydrogen-bond donors (Lipinski definition) is 2. The highest BCUT2D eigenvalue weighted by atomic mass is 35.5. The molecule has 5 rings (SSSR count). The van der Waals surface area contributed by atoms with Crippen LogP contribution < -0.4 is 11.1 Å². The van der Waals surface area contributed by atoms with Crippen LogP contribution in [0.5, 0.6) is 0 Å². The van der Waals surface area contributed by atoms with Crippen LogP contribution in [0.25, 0.3) is 22.0 Å². The van der Waals surface area contributed by atoms with Gasteiger partial charge in [-0.3, -0.25) is 19.1 Å². The topological polar surface area (TPSA) is 132 Å². The van der Waals surface area contributed by atoms with Crippen LogP contribution in [-0.2, 0) is 21.0 Å². The lowest BCUT2D eigenvalue weighted by Gasteiger charge is -2.24. The largest absolute Gasteiger partial charge is 0.399 e. The van der Waals surface area contributed by atoms with Gasteiger partial charge >= 0.3 is 0 Å². The van der Waals surface area contributed by atoms with Crippen molar-refractivity contribution in [2.24, 2.45) is 10.9 Å². The van der Waals surface area contributed by atoms with Crippen LogP contribution in [0.4, 0.5) is 14.5 Å². The number of aromatic nitrogens is 2. The van der Waals surface area contributed by atoms with Crippen molar-refractivity contribution in [2.75, 3.05) is 19.0 Å². The SMILES string of the molecule is C.CO/N=C(\C)c1ccc(Cl)c(-c2cccc(NC(=O)[C@@H]3C[C@@H](F)CN3C(=O)Cn3nc(C(N)=O)c4ccccc43)c2F)c1. The summed E-state index contributed by atoms with van der Waals surface area (Å²) in [5.41, 5.74) is 7.43. The summed E-state index contributed by atoms with van der Waals surface area (Å²) < 4.78 is 31.6. The van der Waals surface area contributed by atoms with Gasteiger partial charge in [0.15, 0.2) is 11.5 Å². The predicted octanol–water partition coefficient (Wildman–Crippen LogP) is 5.18. The predicted molar refractivity (Wildman–Crippen MR) is 165 cm³/mol. The Morgan fingerprint density at radius 3 is 2.61 bits per heavy atom. The van der Waals surface area contributed by atoms with Gasteiger partial charge < -0.3 is 20.8 Å². The number of primary amides is 1. The molecule has 1 saturated heterocycles. The molecule has 13 heteroatoms. The summed E-state index contributed by atoms with van der Waals surface area (Å²) in [4.78, 5) is 44.4. The molecule has 230 valence electrons. The van der Waals surface area contributed by atoms with Crippen molar-refractivity contribution < 1.29 is 28.0 Å². The number of carbonyl (C=O) groups excluding carboxylic acids is 3. The van der Waals surface area contributed by atoms with E-state index in [4.69, 9.17) is 22.2 Å². The van der Waals surface area contributed by atoms with Gasteiger partial charge in [-0.05, 0) is 36.8 Å². The maximum absolute atomic E-state index is 15.8. The van der Waals surface area contributed by atoms with Crippen molar-refractivity contribution in [1.82, 2.24) is 14.7 Å². The van der Waals surface area contributed by atoms with Gasteiger partial charge in [0.25, 0.3) is 5.91 Å². The number of fused-ring (bicyclic) bond motifs is 1. The number of rotatable bonds is 8. The quantitative estimate of drug-likeness (QED) is 0.206. The highest BCUT2D eigenvalue weighted by molar-refractivity contribution is 6.33. The van der Waals surface area contributed by atoms with Crippen molar-refractivity contribution in [1.29, 1.82) is 0 Å². The standard InChI is InChI=1S/C30H27ClF2N6O4.CH4/c1-16(37-43-2)17-10-11-22(31)21(12-17)19-7-5-8-23(27(19)33)35-30(42)25-13-18(32)14-38(25)26(40)15-39-24-9-4-3-6-20(24)28(36-39)29(34)41;/h3-12,18,25H,13-15H2,1-2H3,(H2,34,41)(H,35,42);1H4/b37-16+;/t18-,25+;/m1./s1. The molecule has 0 radical (unpaired) electrons. The third kappa shape index (κ3) is 6.25.